The van der Waals surface area contributed by atoms with Gasteiger partial charge in [0.25, 0.3) is 11.5 Å². The van der Waals surface area contributed by atoms with Gasteiger partial charge in [-0.05, 0) is 36.9 Å². The van der Waals surface area contributed by atoms with Crippen LogP contribution in [0.2, 0.25) is 0 Å². The van der Waals surface area contributed by atoms with E-state index in [9.17, 15) is 9.59 Å². The van der Waals surface area contributed by atoms with Crippen LogP contribution >= 0.6 is 11.8 Å². The van der Waals surface area contributed by atoms with Crippen LogP contribution in [0, 0.1) is 6.92 Å². The molecule has 3 aromatic rings. The van der Waals surface area contributed by atoms with E-state index in [1.165, 1.54) is 28.1 Å². The van der Waals surface area contributed by atoms with E-state index in [1.54, 1.807) is 44.4 Å². The number of hydrogen-bond donors (Lipinski definition) is 1. The maximum Gasteiger partial charge on any atom is 0.268 e. The quantitative estimate of drug-likeness (QED) is 0.678. The molecule has 0 bridgehead atoms. The lowest BCUT2D eigenvalue weighted by Gasteiger charge is -2.13. The largest absolute Gasteiger partial charge is 0.495 e. The molecule has 0 radical (unpaired) electrons. The van der Waals surface area contributed by atoms with Crippen LogP contribution in [-0.4, -0.2) is 38.6 Å². The molecule has 9 heteroatoms. The number of aryl methyl sites for hydroxylation is 2. The lowest BCUT2D eigenvalue weighted by Crippen LogP contribution is -2.30. The van der Waals surface area contributed by atoms with Gasteiger partial charge in [-0.15, -0.1) is 5.10 Å². The highest BCUT2D eigenvalue weighted by Crippen LogP contribution is 2.21. The van der Waals surface area contributed by atoms with Crippen LogP contribution in [0.5, 0.6) is 5.75 Å². The van der Waals surface area contributed by atoms with E-state index >= 15 is 0 Å². The lowest BCUT2D eigenvalue weighted by molar-refractivity contribution is 0.102. The number of carbonyl (C=O) groups excluding carboxylic acids is 1. The summed E-state index contributed by atoms with van der Waals surface area (Å²) in [6.45, 7) is 1.72. The number of para-hydroxylation sites is 2. The summed E-state index contributed by atoms with van der Waals surface area (Å²) >= 11 is 1.36. The second-order valence-electron chi connectivity index (χ2n) is 5.72. The molecule has 0 saturated carbocycles. The van der Waals surface area contributed by atoms with Crippen molar-refractivity contribution in [1.82, 2.24) is 19.3 Å². The van der Waals surface area contributed by atoms with Gasteiger partial charge in [0.05, 0.1) is 12.8 Å². The molecule has 0 spiro atoms. The molecule has 0 aliphatic heterocycles. The molecule has 0 saturated heterocycles. The van der Waals surface area contributed by atoms with Crippen molar-refractivity contribution in [3.05, 3.63) is 58.0 Å². The molecule has 0 aliphatic rings. The predicted octanol–water partition coefficient (Wildman–Crippen LogP) is 2.26. The maximum absolute atomic E-state index is 13.0. The summed E-state index contributed by atoms with van der Waals surface area (Å²) < 4.78 is 8.18. The molecule has 1 amide bonds. The molecule has 3 rings (SSSR count). The van der Waals surface area contributed by atoms with E-state index in [1.807, 2.05) is 12.3 Å². The Morgan fingerprint density at radius 1 is 1.26 bits per heavy atom. The molecule has 0 atom stereocenters. The highest BCUT2D eigenvalue weighted by atomic mass is 32.2. The number of amides is 1. The highest BCUT2D eigenvalue weighted by Gasteiger charge is 2.20. The van der Waals surface area contributed by atoms with E-state index in [0.29, 0.717) is 22.2 Å². The number of anilines is 1. The molecule has 140 valence electrons. The first-order chi connectivity index (χ1) is 13.0. The highest BCUT2D eigenvalue weighted by molar-refractivity contribution is 7.98. The standard InChI is InChI=1S/C18H19N5O3S/c1-11-9-10-23(12-7-5-6-8-13(12)26-3)16(25)14(11)15(24)19-17-20-18(27-4)21-22(17)2/h5-10H,1-4H3,(H,19,20,21,24). The van der Waals surface area contributed by atoms with Crippen molar-refractivity contribution in [2.75, 3.05) is 18.7 Å². The fourth-order valence-electron chi connectivity index (χ4n) is 2.64. The molecule has 1 N–H and O–H groups in total. The average molecular weight is 385 g/mol. The van der Waals surface area contributed by atoms with Gasteiger partial charge in [0.15, 0.2) is 0 Å². The third-order valence-electron chi connectivity index (χ3n) is 4.02. The normalized spacial score (nSPS) is 10.7. The Balaban J connectivity index is 2.04. The zero-order valence-electron chi connectivity index (χ0n) is 15.4. The molecule has 0 fully saturated rings. The predicted molar refractivity (Wildman–Crippen MR) is 104 cm³/mol. The summed E-state index contributed by atoms with van der Waals surface area (Å²) in [6.07, 6.45) is 3.47. The summed E-state index contributed by atoms with van der Waals surface area (Å²) in [5.41, 5.74) is 0.722. The Kier molecular flexibility index (Phi) is 5.31. The summed E-state index contributed by atoms with van der Waals surface area (Å²) in [4.78, 5) is 30.1. The number of aromatic nitrogens is 4. The van der Waals surface area contributed by atoms with Crippen molar-refractivity contribution >= 4 is 23.6 Å². The molecular weight excluding hydrogens is 366 g/mol. The summed E-state index contributed by atoms with van der Waals surface area (Å²) in [5, 5.41) is 7.36. The van der Waals surface area contributed by atoms with Gasteiger partial charge in [-0.25, -0.2) is 4.68 Å². The number of rotatable bonds is 5. The van der Waals surface area contributed by atoms with Crippen molar-refractivity contribution in [3.63, 3.8) is 0 Å². The average Bonchev–Trinajstić information content (AvgIpc) is 3.01. The van der Waals surface area contributed by atoms with Gasteiger partial charge in [-0.2, -0.15) is 4.98 Å². The van der Waals surface area contributed by atoms with Gasteiger partial charge in [0.2, 0.25) is 11.1 Å². The number of ether oxygens (including phenoxy) is 1. The molecule has 0 unspecified atom stereocenters. The topological polar surface area (TPSA) is 91.0 Å². The fourth-order valence-corrected chi connectivity index (χ4v) is 3.02. The third kappa shape index (κ3) is 3.59. The minimum absolute atomic E-state index is 0.0390. The zero-order chi connectivity index (χ0) is 19.6. The van der Waals surface area contributed by atoms with E-state index < -0.39 is 11.5 Å². The molecule has 0 aliphatic carbocycles. The number of thioether (sulfide) groups is 1. The van der Waals surface area contributed by atoms with Gasteiger partial charge in [0, 0.05) is 13.2 Å². The van der Waals surface area contributed by atoms with Gasteiger partial charge < -0.3 is 4.74 Å². The molecule has 2 aromatic heterocycles. The Hall–Kier alpha value is -3.07. The minimum atomic E-state index is -0.537. The van der Waals surface area contributed by atoms with Crippen LogP contribution in [0.25, 0.3) is 5.69 Å². The first-order valence-electron chi connectivity index (χ1n) is 8.08. The molecule has 8 nitrogen and oxygen atoms in total. The number of methoxy groups -OCH3 is 1. The van der Waals surface area contributed by atoms with Crippen LogP contribution in [0.1, 0.15) is 15.9 Å². The Morgan fingerprint density at radius 3 is 2.67 bits per heavy atom. The lowest BCUT2D eigenvalue weighted by atomic mass is 10.1. The smallest absolute Gasteiger partial charge is 0.268 e. The van der Waals surface area contributed by atoms with E-state index in [0.717, 1.165) is 0 Å². The minimum Gasteiger partial charge on any atom is -0.495 e. The SMILES string of the molecule is COc1ccccc1-n1ccc(C)c(C(=O)Nc2nc(SC)nn2C)c1=O. The number of hydrogen-bond acceptors (Lipinski definition) is 6. The first-order valence-corrected chi connectivity index (χ1v) is 9.30. The van der Waals surface area contributed by atoms with Crippen molar-refractivity contribution < 1.29 is 9.53 Å². The van der Waals surface area contributed by atoms with Crippen molar-refractivity contribution in [2.24, 2.45) is 7.05 Å². The van der Waals surface area contributed by atoms with Gasteiger partial charge in [-0.3, -0.25) is 19.5 Å². The second-order valence-corrected chi connectivity index (χ2v) is 6.49. The fraction of sp³-hybridized carbons (Fsp3) is 0.222. The van der Waals surface area contributed by atoms with Gasteiger partial charge in [0.1, 0.15) is 11.3 Å². The van der Waals surface area contributed by atoms with Gasteiger partial charge >= 0.3 is 0 Å². The van der Waals surface area contributed by atoms with Crippen LogP contribution in [0.15, 0.2) is 46.5 Å². The van der Waals surface area contributed by atoms with E-state index in [4.69, 9.17) is 4.74 Å². The number of pyridine rings is 1. The Bertz CT molecular complexity index is 1060. The van der Waals surface area contributed by atoms with Crippen molar-refractivity contribution in [3.8, 4) is 11.4 Å². The molecule has 2 heterocycles. The first kappa shape index (κ1) is 18.7. The zero-order valence-corrected chi connectivity index (χ0v) is 16.2. The molecule has 1 aromatic carbocycles. The van der Waals surface area contributed by atoms with E-state index in [-0.39, 0.29) is 11.5 Å². The van der Waals surface area contributed by atoms with Crippen LogP contribution in [0.4, 0.5) is 5.95 Å². The maximum atomic E-state index is 13.0. The summed E-state index contributed by atoms with van der Waals surface area (Å²) in [5.74, 6) is 0.272. The molecule has 27 heavy (non-hydrogen) atoms. The summed E-state index contributed by atoms with van der Waals surface area (Å²) in [6, 6.07) is 8.84. The monoisotopic (exact) mass is 385 g/mol. The third-order valence-corrected chi connectivity index (χ3v) is 4.56. The number of nitrogens with one attached hydrogen (secondary N) is 1. The van der Waals surface area contributed by atoms with Crippen molar-refractivity contribution in [2.45, 2.75) is 12.1 Å². The van der Waals surface area contributed by atoms with Crippen molar-refractivity contribution in [1.29, 1.82) is 0 Å². The number of carbonyl (C=O) groups is 1. The van der Waals surface area contributed by atoms with E-state index in [2.05, 4.69) is 15.4 Å². The summed E-state index contributed by atoms with van der Waals surface area (Å²) in [7, 11) is 3.20. The van der Waals surface area contributed by atoms with Gasteiger partial charge in [-0.1, -0.05) is 23.9 Å². The van der Waals surface area contributed by atoms with Crippen LogP contribution < -0.4 is 15.6 Å². The molecular formula is C18H19N5O3S. The Labute approximate surface area is 160 Å². The number of benzene rings is 1. The Morgan fingerprint density at radius 2 is 2.00 bits per heavy atom. The van der Waals surface area contributed by atoms with Crippen LogP contribution in [-0.2, 0) is 7.05 Å². The number of nitrogens with zero attached hydrogens (tertiary/aromatic N) is 4. The second kappa shape index (κ2) is 7.67. The van der Waals surface area contributed by atoms with Crippen LogP contribution in [0.3, 0.4) is 0 Å².